The maximum absolute atomic E-state index is 6.37. The molecule has 1 rings (SSSR count). The summed E-state index contributed by atoms with van der Waals surface area (Å²) >= 11 is 0. The second kappa shape index (κ2) is 40.4. The molecule has 0 N–H and O–H groups in total. The van der Waals surface area contributed by atoms with Crippen molar-refractivity contribution >= 4 is 0 Å². The fraction of sp³-hybridized carbons (Fsp3) is 0.833. The summed E-state index contributed by atoms with van der Waals surface area (Å²) in [4.78, 5) is 2.37. The predicted octanol–water partition coefficient (Wildman–Crippen LogP) is 13.9. The molecule has 0 radical (unpaired) electrons. The Kier molecular flexibility index (Phi) is 38.0. The molecule has 0 saturated carbocycles. The number of hydrogen-bond donors (Lipinski definition) is 0. The van der Waals surface area contributed by atoms with Crippen LogP contribution in [0.15, 0.2) is 48.6 Å². The molecule has 0 spiro atoms. The van der Waals surface area contributed by atoms with Crippen molar-refractivity contribution in [3.63, 3.8) is 0 Å². The summed E-state index contributed by atoms with van der Waals surface area (Å²) in [5.41, 5.74) is 0. The Balaban J connectivity index is 2.14. The van der Waals surface area contributed by atoms with Crippen molar-refractivity contribution < 1.29 is 18.9 Å². The molecule has 1 fully saturated rings. The second-order valence-corrected chi connectivity index (χ2v) is 15.5. The molecule has 310 valence electrons. The molecular weight excluding hydrogens is 655 g/mol. The van der Waals surface area contributed by atoms with E-state index in [0.29, 0.717) is 13.2 Å². The van der Waals surface area contributed by atoms with Gasteiger partial charge in [-0.05, 0) is 116 Å². The maximum Gasteiger partial charge on any atom is 0.158 e. The summed E-state index contributed by atoms with van der Waals surface area (Å²) in [6, 6.07) is 0. The van der Waals surface area contributed by atoms with E-state index in [2.05, 4.69) is 81.3 Å². The molecule has 2 atom stereocenters. The number of allylic oxidation sites excluding steroid dienone is 8. The molecule has 0 aromatic rings. The van der Waals surface area contributed by atoms with E-state index >= 15 is 0 Å². The Morgan fingerprint density at radius 3 is 1.26 bits per heavy atom. The summed E-state index contributed by atoms with van der Waals surface area (Å²) in [5, 5.41) is 0. The van der Waals surface area contributed by atoms with Crippen LogP contribution in [0.4, 0.5) is 0 Å². The van der Waals surface area contributed by atoms with Crippen molar-refractivity contribution in [2.75, 3.05) is 46.6 Å². The highest BCUT2D eigenvalue weighted by Gasteiger charge is 2.36. The normalized spacial score (nSPS) is 18.1. The molecular formula is C48H89NO4. The van der Waals surface area contributed by atoms with Gasteiger partial charge in [0, 0.05) is 13.2 Å². The Labute approximate surface area is 330 Å². The van der Waals surface area contributed by atoms with Gasteiger partial charge in [-0.2, -0.15) is 0 Å². The van der Waals surface area contributed by atoms with Gasteiger partial charge >= 0.3 is 0 Å². The second-order valence-electron chi connectivity index (χ2n) is 15.5. The van der Waals surface area contributed by atoms with Crippen LogP contribution in [0.3, 0.4) is 0 Å². The number of nitrogens with zero attached hydrogens (tertiary/aromatic N) is 1. The number of rotatable bonds is 40. The van der Waals surface area contributed by atoms with E-state index in [9.17, 15) is 0 Å². The zero-order chi connectivity index (χ0) is 38.1. The molecule has 0 aromatic heterocycles. The fourth-order valence-corrected chi connectivity index (χ4v) is 6.66. The first kappa shape index (κ1) is 49.8. The van der Waals surface area contributed by atoms with Gasteiger partial charge in [0.2, 0.25) is 0 Å². The number of hydrogen-bond acceptors (Lipinski definition) is 5. The molecule has 0 amide bonds. The van der Waals surface area contributed by atoms with Crippen molar-refractivity contribution in [3.05, 3.63) is 48.6 Å². The van der Waals surface area contributed by atoms with Crippen LogP contribution in [0.5, 0.6) is 0 Å². The monoisotopic (exact) mass is 744 g/mol. The minimum Gasteiger partial charge on any atom is -0.379 e. The molecule has 1 aliphatic heterocycles. The topological polar surface area (TPSA) is 40.2 Å². The van der Waals surface area contributed by atoms with Crippen LogP contribution in [0.1, 0.15) is 194 Å². The van der Waals surface area contributed by atoms with Crippen LogP contribution in [0.2, 0.25) is 0 Å². The SMILES string of the molecule is CCCCC/C=C\C/C=C\CCCCCCCCOCC1OC(CCCCN(C)CC)OC1COCCCCCCCC/C=C\C/C=C\CCCCC. The van der Waals surface area contributed by atoms with E-state index in [4.69, 9.17) is 18.9 Å². The van der Waals surface area contributed by atoms with Crippen molar-refractivity contribution in [1.29, 1.82) is 0 Å². The quantitative estimate of drug-likeness (QED) is 0.0462. The van der Waals surface area contributed by atoms with E-state index < -0.39 is 0 Å². The van der Waals surface area contributed by atoms with Crippen molar-refractivity contribution in [1.82, 2.24) is 4.90 Å². The lowest BCUT2D eigenvalue weighted by atomic mass is 10.1. The average Bonchev–Trinajstić information content (AvgIpc) is 3.56. The van der Waals surface area contributed by atoms with Gasteiger partial charge in [-0.1, -0.05) is 146 Å². The van der Waals surface area contributed by atoms with Crippen LogP contribution in [-0.4, -0.2) is 70.0 Å². The van der Waals surface area contributed by atoms with Gasteiger partial charge in [0.05, 0.1) is 13.2 Å². The summed E-state index contributed by atoms with van der Waals surface area (Å²) in [6.45, 7) is 11.8. The van der Waals surface area contributed by atoms with E-state index in [1.54, 1.807) is 0 Å². The van der Waals surface area contributed by atoms with Gasteiger partial charge in [0.1, 0.15) is 12.2 Å². The van der Waals surface area contributed by atoms with Gasteiger partial charge in [-0.3, -0.25) is 0 Å². The summed E-state index contributed by atoms with van der Waals surface area (Å²) in [7, 11) is 2.19. The molecule has 0 aliphatic carbocycles. The van der Waals surface area contributed by atoms with E-state index in [1.807, 2.05) is 0 Å². The first-order valence-electron chi connectivity index (χ1n) is 23.0. The fourth-order valence-electron chi connectivity index (χ4n) is 6.66. The standard InChI is InChI=1S/C48H89NO4/c1-5-8-10-12-14-16-18-20-22-24-26-28-30-32-34-38-42-50-44-46-47(53-48(52-46)40-36-37-41-49(4)7-3)45-51-43-39-35-33-31-29-27-25-23-21-19-17-15-13-11-9-6-2/h14-17,20-23,46-48H,5-13,18-19,24-45H2,1-4H3/b16-14-,17-15-,22-20-,23-21-. The van der Waals surface area contributed by atoms with Gasteiger partial charge in [0.15, 0.2) is 6.29 Å². The molecule has 1 aliphatic rings. The Hall–Kier alpha value is -1.24. The third kappa shape index (κ3) is 33.8. The van der Waals surface area contributed by atoms with Crippen molar-refractivity contribution in [3.8, 4) is 0 Å². The average molecular weight is 744 g/mol. The van der Waals surface area contributed by atoms with E-state index in [-0.39, 0.29) is 18.5 Å². The van der Waals surface area contributed by atoms with Gasteiger partial charge < -0.3 is 23.8 Å². The summed E-state index contributed by atoms with van der Waals surface area (Å²) in [6.07, 6.45) is 52.1. The third-order valence-electron chi connectivity index (χ3n) is 10.4. The Bertz CT molecular complexity index is 794. The highest BCUT2D eigenvalue weighted by molar-refractivity contribution is 4.93. The molecule has 2 unspecified atom stereocenters. The van der Waals surface area contributed by atoms with Crippen molar-refractivity contribution in [2.24, 2.45) is 0 Å². The molecule has 1 saturated heterocycles. The summed E-state index contributed by atoms with van der Waals surface area (Å²) < 4.78 is 25.0. The molecule has 5 heteroatoms. The van der Waals surface area contributed by atoms with Crippen LogP contribution < -0.4 is 0 Å². The first-order valence-corrected chi connectivity index (χ1v) is 23.0. The Morgan fingerprint density at radius 2 is 0.849 bits per heavy atom. The third-order valence-corrected chi connectivity index (χ3v) is 10.4. The van der Waals surface area contributed by atoms with Gasteiger partial charge in [-0.15, -0.1) is 0 Å². The smallest absolute Gasteiger partial charge is 0.158 e. The number of unbranched alkanes of at least 4 members (excludes halogenated alkanes) is 19. The largest absolute Gasteiger partial charge is 0.379 e. The van der Waals surface area contributed by atoms with E-state index in [0.717, 1.165) is 64.8 Å². The zero-order valence-electron chi connectivity index (χ0n) is 35.8. The lowest BCUT2D eigenvalue weighted by molar-refractivity contribution is -0.0847. The maximum atomic E-state index is 6.37. The highest BCUT2D eigenvalue weighted by Crippen LogP contribution is 2.24. The molecule has 1 heterocycles. The summed E-state index contributed by atoms with van der Waals surface area (Å²) in [5.74, 6) is 0. The minimum absolute atomic E-state index is 0.0289. The zero-order valence-corrected chi connectivity index (χ0v) is 35.8. The first-order chi connectivity index (χ1) is 26.2. The molecule has 0 aromatic carbocycles. The van der Waals surface area contributed by atoms with E-state index in [1.165, 1.54) is 135 Å². The number of ether oxygens (including phenoxy) is 4. The van der Waals surface area contributed by atoms with Gasteiger partial charge in [0.25, 0.3) is 0 Å². The van der Waals surface area contributed by atoms with Crippen LogP contribution in [0, 0.1) is 0 Å². The van der Waals surface area contributed by atoms with Crippen LogP contribution in [0.25, 0.3) is 0 Å². The minimum atomic E-state index is -0.132. The molecule has 53 heavy (non-hydrogen) atoms. The Morgan fingerprint density at radius 1 is 0.453 bits per heavy atom. The van der Waals surface area contributed by atoms with Crippen molar-refractivity contribution in [2.45, 2.75) is 213 Å². The highest BCUT2D eigenvalue weighted by atomic mass is 16.7. The molecule has 0 bridgehead atoms. The van der Waals surface area contributed by atoms with Gasteiger partial charge in [-0.25, -0.2) is 0 Å². The lowest BCUT2D eigenvalue weighted by Gasteiger charge is -2.17. The predicted molar refractivity (Wildman–Crippen MR) is 231 cm³/mol. The van der Waals surface area contributed by atoms with Crippen LogP contribution >= 0.6 is 0 Å². The molecule has 5 nitrogen and oxygen atoms in total. The lowest BCUT2D eigenvalue weighted by Crippen LogP contribution is -2.32. The van der Waals surface area contributed by atoms with Crippen LogP contribution in [-0.2, 0) is 18.9 Å².